The standard InChI is InChI=1S/C10H12BrClN2O4S2/c11-10-7(12)5-9(19-10)20(17,18)14-3-1-13(2-4-14)6-8(15)16/h5H,1-4,6H2,(H,15,16). The number of thiophene rings is 1. The highest BCUT2D eigenvalue weighted by atomic mass is 79.9. The van der Waals surface area contributed by atoms with Crippen molar-refractivity contribution in [1.29, 1.82) is 0 Å². The molecule has 0 saturated carbocycles. The molecule has 0 aromatic carbocycles. The zero-order valence-corrected chi connectivity index (χ0v) is 14.2. The summed E-state index contributed by atoms with van der Waals surface area (Å²) in [5, 5.41) is 9.08. The van der Waals surface area contributed by atoms with Gasteiger partial charge >= 0.3 is 5.97 Å². The third-order valence-corrected chi connectivity index (χ3v) is 7.73. The predicted octanol–water partition coefficient (Wildman–Crippen LogP) is 1.55. The molecular weight excluding hydrogens is 392 g/mol. The highest BCUT2D eigenvalue weighted by Crippen LogP contribution is 2.36. The minimum Gasteiger partial charge on any atom is -0.480 e. The molecule has 0 atom stereocenters. The molecule has 1 N–H and O–H groups in total. The van der Waals surface area contributed by atoms with Crippen LogP contribution in [0.5, 0.6) is 0 Å². The minimum atomic E-state index is -3.55. The SMILES string of the molecule is O=C(O)CN1CCN(S(=O)(=O)c2cc(Cl)c(Br)s2)CC1. The molecule has 1 aliphatic heterocycles. The quantitative estimate of drug-likeness (QED) is 0.825. The van der Waals surface area contributed by atoms with Gasteiger partial charge in [0.25, 0.3) is 10.0 Å². The van der Waals surface area contributed by atoms with E-state index < -0.39 is 16.0 Å². The Morgan fingerprint density at radius 1 is 1.40 bits per heavy atom. The number of sulfonamides is 1. The Morgan fingerprint density at radius 2 is 2.00 bits per heavy atom. The second kappa shape index (κ2) is 6.29. The topological polar surface area (TPSA) is 77.9 Å². The van der Waals surface area contributed by atoms with E-state index in [1.807, 2.05) is 0 Å². The second-order valence-electron chi connectivity index (χ2n) is 4.26. The molecule has 0 radical (unpaired) electrons. The van der Waals surface area contributed by atoms with E-state index in [1.54, 1.807) is 4.90 Å². The third-order valence-electron chi connectivity index (χ3n) is 2.91. The van der Waals surface area contributed by atoms with Gasteiger partial charge in [0.05, 0.1) is 15.4 Å². The van der Waals surface area contributed by atoms with Crippen LogP contribution >= 0.6 is 38.9 Å². The molecule has 1 aromatic rings. The molecule has 0 bridgehead atoms. The summed E-state index contributed by atoms with van der Waals surface area (Å²) < 4.78 is 26.9. The number of hydrogen-bond acceptors (Lipinski definition) is 5. The van der Waals surface area contributed by atoms with Crippen molar-refractivity contribution in [2.24, 2.45) is 0 Å². The number of carboxylic acids is 1. The van der Waals surface area contributed by atoms with Gasteiger partial charge in [-0.15, -0.1) is 11.3 Å². The Labute approximate surface area is 134 Å². The number of aliphatic carboxylic acids is 1. The van der Waals surface area contributed by atoms with E-state index >= 15 is 0 Å². The normalized spacial score (nSPS) is 18.3. The first-order valence-electron chi connectivity index (χ1n) is 5.70. The van der Waals surface area contributed by atoms with Gasteiger partial charge in [0.1, 0.15) is 4.21 Å². The zero-order chi connectivity index (χ0) is 14.9. The Bertz CT molecular complexity index is 591. The number of carbonyl (C=O) groups is 1. The van der Waals surface area contributed by atoms with Crippen LogP contribution in [0.3, 0.4) is 0 Å². The first kappa shape index (κ1) is 16.2. The van der Waals surface area contributed by atoms with E-state index in [-0.39, 0.29) is 23.8 Å². The van der Waals surface area contributed by atoms with E-state index in [1.165, 1.54) is 10.4 Å². The lowest BCUT2D eigenvalue weighted by atomic mass is 10.3. The Morgan fingerprint density at radius 3 is 2.45 bits per heavy atom. The highest BCUT2D eigenvalue weighted by Gasteiger charge is 2.30. The molecule has 1 saturated heterocycles. The van der Waals surface area contributed by atoms with E-state index in [2.05, 4.69) is 15.9 Å². The fraction of sp³-hybridized carbons (Fsp3) is 0.500. The summed E-state index contributed by atoms with van der Waals surface area (Å²) in [6, 6.07) is 1.43. The number of halogens is 2. The third kappa shape index (κ3) is 3.52. The fourth-order valence-corrected chi connectivity index (χ4v) is 5.88. The smallest absolute Gasteiger partial charge is 0.317 e. The van der Waals surface area contributed by atoms with Gasteiger partial charge in [0.15, 0.2) is 0 Å². The van der Waals surface area contributed by atoms with E-state index in [0.717, 1.165) is 11.3 Å². The first-order valence-corrected chi connectivity index (χ1v) is 9.12. The van der Waals surface area contributed by atoms with E-state index in [0.29, 0.717) is 21.9 Å². The number of nitrogens with zero attached hydrogens (tertiary/aromatic N) is 2. The number of hydrogen-bond donors (Lipinski definition) is 1. The number of carboxylic acid groups (broad SMARTS) is 1. The predicted molar refractivity (Wildman–Crippen MR) is 79.9 cm³/mol. The maximum atomic E-state index is 12.4. The highest BCUT2D eigenvalue weighted by molar-refractivity contribution is 9.11. The van der Waals surface area contributed by atoms with Crippen molar-refractivity contribution in [3.63, 3.8) is 0 Å². The van der Waals surface area contributed by atoms with Crippen LogP contribution < -0.4 is 0 Å². The van der Waals surface area contributed by atoms with Gasteiger partial charge in [-0.1, -0.05) is 11.6 Å². The molecule has 0 amide bonds. The molecule has 20 heavy (non-hydrogen) atoms. The summed E-state index contributed by atoms with van der Waals surface area (Å²) >= 11 is 10.1. The average molecular weight is 404 g/mol. The van der Waals surface area contributed by atoms with Gasteiger partial charge in [0.2, 0.25) is 0 Å². The Kier molecular flexibility index (Phi) is 5.09. The van der Waals surface area contributed by atoms with E-state index in [9.17, 15) is 13.2 Å². The van der Waals surface area contributed by atoms with Crippen molar-refractivity contribution in [3.8, 4) is 0 Å². The first-order chi connectivity index (χ1) is 9.30. The van der Waals surface area contributed by atoms with Crippen LogP contribution in [0.15, 0.2) is 14.1 Å². The second-order valence-corrected chi connectivity index (χ2v) is 9.20. The maximum absolute atomic E-state index is 12.4. The van der Waals surface area contributed by atoms with Crippen LogP contribution in [0.25, 0.3) is 0 Å². The lowest BCUT2D eigenvalue weighted by Crippen LogP contribution is -2.49. The lowest BCUT2D eigenvalue weighted by molar-refractivity contribution is -0.138. The maximum Gasteiger partial charge on any atom is 0.317 e. The minimum absolute atomic E-state index is 0.0652. The van der Waals surface area contributed by atoms with Gasteiger partial charge in [-0.3, -0.25) is 9.69 Å². The number of piperazine rings is 1. The van der Waals surface area contributed by atoms with Gasteiger partial charge < -0.3 is 5.11 Å². The summed E-state index contributed by atoms with van der Waals surface area (Å²) in [6.45, 7) is 1.31. The summed E-state index contributed by atoms with van der Waals surface area (Å²) in [5.41, 5.74) is 0. The van der Waals surface area contributed by atoms with Crippen molar-refractivity contribution < 1.29 is 18.3 Å². The molecule has 0 aliphatic carbocycles. The largest absolute Gasteiger partial charge is 0.480 e. The van der Waals surface area contributed by atoms with Crippen LogP contribution in [0, 0.1) is 0 Å². The molecule has 1 aromatic heterocycles. The van der Waals surface area contributed by atoms with Crippen LogP contribution in [0.4, 0.5) is 0 Å². The summed E-state index contributed by atoms with van der Waals surface area (Å²) in [6.07, 6.45) is 0. The molecule has 6 nitrogen and oxygen atoms in total. The molecule has 112 valence electrons. The molecule has 2 rings (SSSR count). The molecule has 0 spiro atoms. The number of rotatable bonds is 4. The average Bonchev–Trinajstić information content (AvgIpc) is 2.70. The van der Waals surface area contributed by atoms with Crippen molar-refractivity contribution in [1.82, 2.24) is 9.21 Å². The monoisotopic (exact) mass is 402 g/mol. The molecular formula is C10H12BrClN2O4S2. The molecule has 2 heterocycles. The van der Waals surface area contributed by atoms with E-state index in [4.69, 9.17) is 16.7 Å². The van der Waals surface area contributed by atoms with Gasteiger partial charge in [-0.25, -0.2) is 8.42 Å². The molecule has 0 unspecified atom stereocenters. The van der Waals surface area contributed by atoms with Crippen molar-refractivity contribution in [2.45, 2.75) is 4.21 Å². The van der Waals surface area contributed by atoms with Gasteiger partial charge in [0, 0.05) is 26.2 Å². The van der Waals surface area contributed by atoms with Crippen LogP contribution in [0.2, 0.25) is 5.02 Å². The van der Waals surface area contributed by atoms with Gasteiger partial charge in [-0.05, 0) is 22.0 Å². The zero-order valence-electron chi connectivity index (χ0n) is 10.3. The van der Waals surface area contributed by atoms with Crippen LogP contribution in [-0.2, 0) is 14.8 Å². The molecule has 10 heteroatoms. The summed E-state index contributed by atoms with van der Waals surface area (Å²) in [4.78, 5) is 12.3. The van der Waals surface area contributed by atoms with Gasteiger partial charge in [-0.2, -0.15) is 4.31 Å². The molecule has 1 aliphatic rings. The lowest BCUT2D eigenvalue weighted by Gasteiger charge is -2.32. The van der Waals surface area contributed by atoms with Crippen LogP contribution in [-0.4, -0.2) is 61.4 Å². The Hall–Kier alpha value is -0.190. The van der Waals surface area contributed by atoms with Crippen molar-refractivity contribution >= 4 is 54.9 Å². The fourth-order valence-electron chi connectivity index (χ4n) is 1.90. The molecule has 1 fully saturated rings. The summed E-state index contributed by atoms with van der Waals surface area (Å²) in [5.74, 6) is -0.907. The van der Waals surface area contributed by atoms with Crippen LogP contribution in [0.1, 0.15) is 0 Å². The van der Waals surface area contributed by atoms with Crippen molar-refractivity contribution in [3.05, 3.63) is 14.9 Å². The Balaban J connectivity index is 2.07. The summed E-state index contributed by atoms with van der Waals surface area (Å²) in [7, 11) is -3.55. The van der Waals surface area contributed by atoms with Crippen molar-refractivity contribution in [2.75, 3.05) is 32.7 Å².